The molecule has 2 bridgehead atoms. The Morgan fingerprint density at radius 2 is 1.85 bits per heavy atom. The maximum atomic E-state index is 13.1. The van der Waals surface area contributed by atoms with E-state index in [-0.39, 0.29) is 5.91 Å². The monoisotopic (exact) mass is 357 g/mol. The zero-order valence-corrected chi connectivity index (χ0v) is 15.5. The van der Waals surface area contributed by atoms with Crippen LogP contribution in [0.15, 0.2) is 24.3 Å². The van der Waals surface area contributed by atoms with Crippen LogP contribution in [-0.2, 0) is 11.3 Å². The van der Waals surface area contributed by atoms with Gasteiger partial charge in [-0.25, -0.2) is 0 Å². The summed E-state index contributed by atoms with van der Waals surface area (Å²) < 4.78 is 5.44. The van der Waals surface area contributed by atoms with Gasteiger partial charge in [-0.2, -0.15) is 0 Å². The SMILES string of the molecule is NC1CC2CCCC(C1)C2NC(=O)c1ccccc1CN1CCOCC1. The first-order valence-electron chi connectivity index (χ1n) is 10.1. The van der Waals surface area contributed by atoms with Gasteiger partial charge in [0.15, 0.2) is 0 Å². The Hall–Kier alpha value is -1.43. The quantitative estimate of drug-likeness (QED) is 0.866. The molecule has 1 heterocycles. The zero-order valence-electron chi connectivity index (χ0n) is 15.5. The number of hydrogen-bond donors (Lipinski definition) is 2. The smallest absolute Gasteiger partial charge is 0.251 e. The molecular weight excluding hydrogens is 326 g/mol. The van der Waals surface area contributed by atoms with Crippen LogP contribution in [0.4, 0.5) is 0 Å². The minimum absolute atomic E-state index is 0.0891. The molecule has 2 atom stereocenters. The highest BCUT2D eigenvalue weighted by atomic mass is 16.5. The van der Waals surface area contributed by atoms with Crippen molar-refractivity contribution in [2.24, 2.45) is 17.6 Å². The molecule has 4 rings (SSSR count). The van der Waals surface area contributed by atoms with E-state index in [0.29, 0.717) is 23.9 Å². The number of benzene rings is 1. The molecule has 1 aliphatic heterocycles. The normalized spacial score (nSPS) is 32.2. The second kappa shape index (κ2) is 8.07. The largest absolute Gasteiger partial charge is 0.379 e. The summed E-state index contributed by atoms with van der Waals surface area (Å²) in [5, 5.41) is 3.40. The zero-order chi connectivity index (χ0) is 17.9. The second-order valence-corrected chi connectivity index (χ2v) is 8.23. The first-order chi connectivity index (χ1) is 12.7. The van der Waals surface area contributed by atoms with E-state index in [4.69, 9.17) is 10.5 Å². The van der Waals surface area contributed by atoms with E-state index < -0.39 is 0 Å². The van der Waals surface area contributed by atoms with Gasteiger partial charge >= 0.3 is 0 Å². The predicted octanol–water partition coefficient (Wildman–Crippen LogP) is 2.15. The molecule has 1 amide bonds. The Bertz CT molecular complexity index is 615. The van der Waals surface area contributed by atoms with Gasteiger partial charge in [0.05, 0.1) is 13.2 Å². The van der Waals surface area contributed by atoms with E-state index in [0.717, 1.165) is 56.8 Å². The molecule has 2 unspecified atom stereocenters. The van der Waals surface area contributed by atoms with Crippen molar-refractivity contribution < 1.29 is 9.53 Å². The van der Waals surface area contributed by atoms with Crippen LogP contribution in [0.25, 0.3) is 0 Å². The third-order valence-electron chi connectivity index (χ3n) is 6.43. The number of ether oxygens (including phenoxy) is 1. The third kappa shape index (κ3) is 3.95. The van der Waals surface area contributed by atoms with Crippen LogP contribution < -0.4 is 11.1 Å². The summed E-state index contributed by atoms with van der Waals surface area (Å²) in [5.74, 6) is 1.19. The summed E-state index contributed by atoms with van der Waals surface area (Å²) in [7, 11) is 0. The fourth-order valence-corrected chi connectivity index (χ4v) is 5.13. The molecular formula is C21H31N3O2. The summed E-state index contributed by atoms with van der Waals surface area (Å²) in [6, 6.07) is 8.66. The van der Waals surface area contributed by atoms with E-state index in [1.54, 1.807) is 0 Å². The number of amides is 1. The van der Waals surface area contributed by atoms with Crippen LogP contribution in [-0.4, -0.2) is 49.2 Å². The van der Waals surface area contributed by atoms with Crippen molar-refractivity contribution in [1.82, 2.24) is 10.2 Å². The van der Waals surface area contributed by atoms with E-state index in [1.165, 1.54) is 19.3 Å². The number of nitrogens with one attached hydrogen (secondary N) is 1. The van der Waals surface area contributed by atoms with Crippen LogP contribution in [0, 0.1) is 11.8 Å². The fourth-order valence-electron chi connectivity index (χ4n) is 5.13. The van der Waals surface area contributed by atoms with E-state index in [9.17, 15) is 4.79 Å². The summed E-state index contributed by atoms with van der Waals surface area (Å²) in [4.78, 5) is 15.5. The Kier molecular flexibility index (Phi) is 5.57. The Morgan fingerprint density at radius 1 is 1.15 bits per heavy atom. The molecule has 2 aliphatic carbocycles. The second-order valence-electron chi connectivity index (χ2n) is 8.23. The Balaban J connectivity index is 1.46. The van der Waals surface area contributed by atoms with Gasteiger partial charge in [0.2, 0.25) is 0 Å². The number of morpholine rings is 1. The lowest BCUT2D eigenvalue weighted by Gasteiger charge is -2.45. The number of rotatable bonds is 4. The fraction of sp³-hybridized carbons (Fsp3) is 0.667. The van der Waals surface area contributed by atoms with Gasteiger partial charge in [-0.05, 0) is 49.1 Å². The number of hydrogen-bond acceptors (Lipinski definition) is 4. The molecule has 3 fully saturated rings. The molecule has 0 radical (unpaired) electrons. The lowest BCUT2D eigenvalue weighted by atomic mass is 9.67. The molecule has 3 N–H and O–H groups in total. The van der Waals surface area contributed by atoms with E-state index in [1.807, 2.05) is 18.2 Å². The van der Waals surface area contributed by atoms with E-state index >= 15 is 0 Å². The first-order valence-corrected chi connectivity index (χ1v) is 10.1. The summed E-state index contributed by atoms with van der Waals surface area (Å²) in [6.45, 7) is 4.23. The molecule has 0 aromatic heterocycles. The van der Waals surface area contributed by atoms with Gasteiger partial charge in [-0.15, -0.1) is 0 Å². The van der Waals surface area contributed by atoms with Crippen molar-refractivity contribution in [3.63, 3.8) is 0 Å². The van der Waals surface area contributed by atoms with Crippen molar-refractivity contribution in [3.8, 4) is 0 Å². The Morgan fingerprint density at radius 3 is 2.58 bits per heavy atom. The Labute approximate surface area is 156 Å². The highest BCUT2D eigenvalue weighted by Crippen LogP contribution is 2.39. The van der Waals surface area contributed by atoms with Gasteiger partial charge in [-0.1, -0.05) is 24.6 Å². The van der Waals surface area contributed by atoms with Crippen LogP contribution in [0.3, 0.4) is 0 Å². The molecule has 26 heavy (non-hydrogen) atoms. The maximum Gasteiger partial charge on any atom is 0.251 e. The average Bonchev–Trinajstić information content (AvgIpc) is 2.64. The van der Waals surface area contributed by atoms with Crippen molar-refractivity contribution in [2.45, 2.75) is 50.7 Å². The highest BCUT2D eigenvalue weighted by molar-refractivity contribution is 5.95. The molecule has 5 heteroatoms. The third-order valence-corrected chi connectivity index (χ3v) is 6.43. The highest BCUT2D eigenvalue weighted by Gasteiger charge is 2.40. The molecule has 1 saturated heterocycles. The van der Waals surface area contributed by atoms with Gasteiger partial charge in [-0.3, -0.25) is 9.69 Å². The minimum atomic E-state index is 0.0891. The lowest BCUT2D eigenvalue weighted by Crippen LogP contribution is -2.53. The maximum absolute atomic E-state index is 13.1. The van der Waals surface area contributed by atoms with Gasteiger partial charge in [0.1, 0.15) is 0 Å². The number of carbonyl (C=O) groups is 1. The topological polar surface area (TPSA) is 67.6 Å². The van der Waals surface area contributed by atoms with E-state index in [2.05, 4.69) is 16.3 Å². The molecule has 2 saturated carbocycles. The number of fused-ring (bicyclic) bond motifs is 2. The van der Waals surface area contributed by atoms with Crippen LogP contribution in [0.5, 0.6) is 0 Å². The summed E-state index contributed by atoms with van der Waals surface area (Å²) >= 11 is 0. The number of nitrogens with zero attached hydrogens (tertiary/aromatic N) is 1. The molecule has 0 spiro atoms. The predicted molar refractivity (Wildman–Crippen MR) is 102 cm³/mol. The van der Waals surface area contributed by atoms with Crippen LogP contribution >= 0.6 is 0 Å². The summed E-state index contributed by atoms with van der Waals surface area (Å²) in [6.07, 6.45) is 5.78. The molecule has 3 aliphatic rings. The molecule has 1 aromatic carbocycles. The van der Waals surface area contributed by atoms with Crippen LogP contribution in [0.2, 0.25) is 0 Å². The first kappa shape index (κ1) is 18.0. The van der Waals surface area contributed by atoms with Crippen molar-refractivity contribution in [1.29, 1.82) is 0 Å². The van der Waals surface area contributed by atoms with Crippen LogP contribution in [0.1, 0.15) is 48.0 Å². The van der Waals surface area contributed by atoms with Crippen molar-refractivity contribution in [3.05, 3.63) is 35.4 Å². The van der Waals surface area contributed by atoms with Crippen molar-refractivity contribution >= 4 is 5.91 Å². The summed E-state index contributed by atoms with van der Waals surface area (Å²) in [5.41, 5.74) is 8.17. The molecule has 1 aromatic rings. The lowest BCUT2D eigenvalue weighted by molar-refractivity contribution is 0.0340. The van der Waals surface area contributed by atoms with Crippen molar-refractivity contribution in [2.75, 3.05) is 26.3 Å². The number of carbonyl (C=O) groups excluding carboxylic acids is 1. The minimum Gasteiger partial charge on any atom is -0.379 e. The van der Waals surface area contributed by atoms with Gasteiger partial charge in [0, 0.05) is 37.3 Å². The molecule has 142 valence electrons. The standard InChI is InChI=1S/C21H31N3O2/c22-18-12-15-5-3-6-16(13-18)20(15)23-21(25)19-7-2-1-4-17(19)14-24-8-10-26-11-9-24/h1-2,4,7,15-16,18,20H,3,5-6,8-14,22H2,(H,23,25). The average molecular weight is 357 g/mol. The number of nitrogens with two attached hydrogens (primary N) is 1. The van der Waals surface area contributed by atoms with Gasteiger partial charge in [0.25, 0.3) is 5.91 Å². The van der Waals surface area contributed by atoms with Gasteiger partial charge < -0.3 is 15.8 Å². The molecule has 5 nitrogen and oxygen atoms in total.